The van der Waals surface area contributed by atoms with Crippen molar-refractivity contribution in [3.63, 3.8) is 0 Å². The lowest BCUT2D eigenvalue weighted by Crippen LogP contribution is -1.92. The highest BCUT2D eigenvalue weighted by Gasteiger charge is 2.18. The normalized spacial score (nSPS) is 13.1. The summed E-state index contributed by atoms with van der Waals surface area (Å²) in [6.45, 7) is 0.256. The lowest BCUT2D eigenvalue weighted by Gasteiger charge is -1.98. The van der Waals surface area contributed by atoms with Gasteiger partial charge in [0.25, 0.3) is 0 Å². The summed E-state index contributed by atoms with van der Waals surface area (Å²) in [4.78, 5) is 0.707. The van der Waals surface area contributed by atoms with E-state index in [-0.39, 0.29) is 6.79 Å². The predicted octanol–water partition coefficient (Wildman–Crippen LogP) is 2.84. The Balaban J connectivity index is 1.64. The van der Waals surface area contributed by atoms with E-state index in [9.17, 15) is 0 Å². The highest BCUT2D eigenvalue weighted by molar-refractivity contribution is 7.19. The van der Waals surface area contributed by atoms with Gasteiger partial charge in [-0.3, -0.25) is 0 Å². The summed E-state index contributed by atoms with van der Waals surface area (Å²) in [5, 5.41) is 13.7. The van der Waals surface area contributed by atoms with Crippen LogP contribution in [0.1, 0.15) is 0 Å². The molecule has 1 aliphatic rings. The van der Waals surface area contributed by atoms with Gasteiger partial charge in [0.15, 0.2) is 17.3 Å². The van der Waals surface area contributed by atoms with Gasteiger partial charge in [0, 0.05) is 5.56 Å². The van der Waals surface area contributed by atoms with E-state index < -0.39 is 0 Å². The van der Waals surface area contributed by atoms with Gasteiger partial charge in [0.1, 0.15) is 5.01 Å². The molecule has 0 radical (unpaired) electrons. The minimum absolute atomic E-state index is 0.256. The topological polar surface area (TPSA) is 74.7 Å². The van der Waals surface area contributed by atoms with Gasteiger partial charge < -0.3 is 13.9 Å². The second-order valence-corrected chi connectivity index (χ2v) is 5.63. The standard InChI is InChI=1S/C14H8N4O3S/c1-2-10(19-5-1)12-15-16-14-18(12)17-13(22-14)8-3-4-9-11(6-8)21-7-20-9/h1-6H,7H2. The molecule has 22 heavy (non-hydrogen) atoms. The summed E-state index contributed by atoms with van der Waals surface area (Å²) in [6, 6.07) is 9.39. The van der Waals surface area contributed by atoms with E-state index in [0.717, 1.165) is 22.1 Å². The van der Waals surface area contributed by atoms with Crippen molar-refractivity contribution in [3.8, 4) is 33.7 Å². The molecule has 0 fully saturated rings. The molecule has 0 bridgehead atoms. The number of ether oxygens (including phenoxy) is 2. The van der Waals surface area contributed by atoms with Crippen molar-refractivity contribution < 1.29 is 13.9 Å². The maximum atomic E-state index is 5.40. The summed E-state index contributed by atoms with van der Waals surface area (Å²) in [6.07, 6.45) is 1.60. The highest BCUT2D eigenvalue weighted by Crippen LogP contribution is 2.37. The van der Waals surface area contributed by atoms with Crippen LogP contribution in [0.4, 0.5) is 0 Å². The third kappa shape index (κ3) is 1.64. The van der Waals surface area contributed by atoms with Crippen molar-refractivity contribution >= 4 is 16.3 Å². The fraction of sp³-hybridized carbons (Fsp3) is 0.0714. The first-order chi connectivity index (χ1) is 10.9. The number of furan rings is 1. The van der Waals surface area contributed by atoms with Crippen molar-refractivity contribution in [2.45, 2.75) is 0 Å². The fourth-order valence-electron chi connectivity index (χ4n) is 2.32. The maximum absolute atomic E-state index is 5.40. The molecule has 108 valence electrons. The van der Waals surface area contributed by atoms with Crippen LogP contribution >= 0.6 is 11.3 Å². The molecule has 0 spiro atoms. The van der Waals surface area contributed by atoms with Crippen LogP contribution < -0.4 is 9.47 Å². The number of nitrogens with zero attached hydrogens (tertiary/aromatic N) is 4. The Morgan fingerprint density at radius 3 is 2.95 bits per heavy atom. The maximum Gasteiger partial charge on any atom is 0.235 e. The molecule has 0 saturated carbocycles. The molecule has 8 heteroatoms. The van der Waals surface area contributed by atoms with E-state index in [4.69, 9.17) is 13.9 Å². The minimum Gasteiger partial charge on any atom is -0.461 e. The second kappa shape index (κ2) is 4.31. The quantitative estimate of drug-likeness (QED) is 0.566. The third-order valence-electron chi connectivity index (χ3n) is 3.35. The van der Waals surface area contributed by atoms with E-state index in [2.05, 4.69) is 15.3 Å². The molecule has 0 N–H and O–H groups in total. The molecular weight excluding hydrogens is 304 g/mol. The Morgan fingerprint density at radius 2 is 2.05 bits per heavy atom. The molecule has 0 aliphatic carbocycles. The largest absolute Gasteiger partial charge is 0.461 e. The predicted molar refractivity (Wildman–Crippen MR) is 77.9 cm³/mol. The fourth-order valence-corrected chi connectivity index (χ4v) is 3.16. The Morgan fingerprint density at radius 1 is 1.09 bits per heavy atom. The van der Waals surface area contributed by atoms with Crippen LogP contribution in [0.15, 0.2) is 41.0 Å². The average molecular weight is 312 g/mol. The smallest absolute Gasteiger partial charge is 0.235 e. The lowest BCUT2D eigenvalue weighted by atomic mass is 10.2. The number of aromatic nitrogens is 4. The first-order valence-electron chi connectivity index (χ1n) is 6.55. The van der Waals surface area contributed by atoms with Gasteiger partial charge in [-0.25, -0.2) is 0 Å². The number of hydrogen-bond acceptors (Lipinski definition) is 7. The Hall–Kier alpha value is -2.87. The Labute approximate surface area is 127 Å². The number of fused-ring (bicyclic) bond motifs is 2. The molecule has 5 rings (SSSR count). The highest BCUT2D eigenvalue weighted by atomic mass is 32.1. The molecule has 1 aliphatic heterocycles. The molecular formula is C14H8N4O3S. The Kier molecular flexibility index (Phi) is 2.30. The van der Waals surface area contributed by atoms with Crippen LogP contribution in [-0.2, 0) is 0 Å². The van der Waals surface area contributed by atoms with E-state index in [0.29, 0.717) is 16.5 Å². The molecule has 1 aromatic carbocycles. The third-order valence-corrected chi connectivity index (χ3v) is 4.30. The van der Waals surface area contributed by atoms with Crippen LogP contribution in [0.3, 0.4) is 0 Å². The van der Waals surface area contributed by atoms with Gasteiger partial charge in [-0.15, -0.1) is 10.2 Å². The summed E-state index contributed by atoms with van der Waals surface area (Å²) in [7, 11) is 0. The SMILES string of the molecule is c1coc(-c2nnc3sc(-c4ccc5c(c4)OCO5)nn23)c1. The number of rotatable bonds is 2. The lowest BCUT2D eigenvalue weighted by molar-refractivity contribution is 0.174. The zero-order valence-corrected chi connectivity index (χ0v) is 11.9. The molecule has 0 atom stereocenters. The molecule has 7 nitrogen and oxygen atoms in total. The summed E-state index contributed by atoms with van der Waals surface area (Å²) >= 11 is 1.45. The average Bonchev–Trinajstić information content (AvgIpc) is 3.28. The van der Waals surface area contributed by atoms with E-state index in [1.165, 1.54) is 11.3 Å². The first kappa shape index (κ1) is 11.8. The second-order valence-electron chi connectivity index (χ2n) is 4.67. The molecule has 0 amide bonds. The van der Waals surface area contributed by atoms with Gasteiger partial charge in [0.05, 0.1) is 6.26 Å². The van der Waals surface area contributed by atoms with Crippen LogP contribution in [-0.4, -0.2) is 26.6 Å². The number of benzene rings is 1. The first-order valence-corrected chi connectivity index (χ1v) is 7.36. The van der Waals surface area contributed by atoms with Gasteiger partial charge in [0.2, 0.25) is 17.6 Å². The van der Waals surface area contributed by atoms with Crippen molar-refractivity contribution in [3.05, 3.63) is 36.6 Å². The van der Waals surface area contributed by atoms with Crippen molar-refractivity contribution in [2.24, 2.45) is 0 Å². The van der Waals surface area contributed by atoms with E-state index >= 15 is 0 Å². The van der Waals surface area contributed by atoms with Crippen LogP contribution in [0.25, 0.3) is 27.1 Å². The monoisotopic (exact) mass is 312 g/mol. The number of hydrogen-bond donors (Lipinski definition) is 0. The van der Waals surface area contributed by atoms with Gasteiger partial charge in [-0.05, 0) is 30.3 Å². The van der Waals surface area contributed by atoms with Crippen molar-refractivity contribution in [1.82, 2.24) is 19.8 Å². The van der Waals surface area contributed by atoms with Crippen molar-refractivity contribution in [2.75, 3.05) is 6.79 Å². The summed E-state index contributed by atoms with van der Waals surface area (Å²) in [5.74, 6) is 2.70. The van der Waals surface area contributed by atoms with Gasteiger partial charge in [-0.2, -0.15) is 9.61 Å². The van der Waals surface area contributed by atoms with E-state index in [1.54, 1.807) is 10.8 Å². The van der Waals surface area contributed by atoms with Gasteiger partial charge >= 0.3 is 0 Å². The Bertz CT molecular complexity index is 973. The van der Waals surface area contributed by atoms with Gasteiger partial charge in [-0.1, -0.05) is 11.3 Å². The zero-order valence-electron chi connectivity index (χ0n) is 11.1. The molecule has 4 aromatic rings. The molecule has 3 aromatic heterocycles. The molecule has 0 unspecified atom stereocenters. The van der Waals surface area contributed by atoms with E-state index in [1.807, 2.05) is 30.3 Å². The molecule has 0 saturated heterocycles. The van der Waals surface area contributed by atoms with Crippen LogP contribution in [0, 0.1) is 0 Å². The van der Waals surface area contributed by atoms with Crippen molar-refractivity contribution in [1.29, 1.82) is 0 Å². The summed E-state index contributed by atoms with van der Waals surface area (Å²) in [5.41, 5.74) is 0.949. The minimum atomic E-state index is 0.256. The molecule has 4 heterocycles. The van der Waals surface area contributed by atoms with Crippen LogP contribution in [0.5, 0.6) is 11.5 Å². The summed E-state index contributed by atoms with van der Waals surface area (Å²) < 4.78 is 17.8. The van der Waals surface area contributed by atoms with Crippen LogP contribution in [0.2, 0.25) is 0 Å². The zero-order chi connectivity index (χ0) is 14.5.